The van der Waals surface area contributed by atoms with E-state index in [9.17, 15) is 19.8 Å². The summed E-state index contributed by atoms with van der Waals surface area (Å²) in [5, 5.41) is 22.9. The van der Waals surface area contributed by atoms with Crippen molar-refractivity contribution in [2.75, 3.05) is 44.8 Å². The number of hydrogen-bond acceptors (Lipinski definition) is 9. The quantitative estimate of drug-likeness (QED) is 0.335. The summed E-state index contributed by atoms with van der Waals surface area (Å²) in [6, 6.07) is 12.5. The van der Waals surface area contributed by atoms with Crippen molar-refractivity contribution in [3.63, 3.8) is 0 Å². The van der Waals surface area contributed by atoms with Gasteiger partial charge in [-0.2, -0.15) is 0 Å². The number of rotatable bonds is 11. The van der Waals surface area contributed by atoms with E-state index in [0.717, 1.165) is 55.0 Å². The van der Waals surface area contributed by atoms with E-state index >= 15 is 0 Å². The van der Waals surface area contributed by atoms with Crippen molar-refractivity contribution in [1.29, 1.82) is 0 Å². The second-order valence-corrected chi connectivity index (χ2v) is 9.78. The molecule has 1 aliphatic rings. The number of aryl methyl sites for hydroxylation is 1. The maximum Gasteiger partial charge on any atom is 0.264 e. The van der Waals surface area contributed by atoms with E-state index in [1.54, 1.807) is 18.2 Å². The van der Waals surface area contributed by atoms with Gasteiger partial charge in [-0.1, -0.05) is 23.5 Å². The smallest absolute Gasteiger partial charge is 0.264 e. The molecule has 36 heavy (non-hydrogen) atoms. The fourth-order valence-electron chi connectivity index (χ4n) is 4.00. The Morgan fingerprint density at radius 1 is 1.19 bits per heavy atom. The van der Waals surface area contributed by atoms with Crippen LogP contribution >= 0.6 is 11.3 Å². The lowest BCUT2D eigenvalue weighted by Gasteiger charge is -2.26. The van der Waals surface area contributed by atoms with Crippen LogP contribution < -0.4 is 10.1 Å². The molecule has 1 aromatic heterocycles. The van der Waals surface area contributed by atoms with Crippen molar-refractivity contribution in [2.45, 2.75) is 32.0 Å². The highest BCUT2D eigenvalue weighted by Crippen LogP contribution is 2.26. The third-order valence-electron chi connectivity index (χ3n) is 5.99. The molecule has 2 heterocycles. The predicted molar refractivity (Wildman–Crippen MR) is 138 cm³/mol. The molecule has 192 valence electrons. The number of amides is 1. The molecule has 0 saturated carbocycles. The molecule has 0 bridgehead atoms. The lowest BCUT2D eigenvalue weighted by atomic mass is 9.98. The number of ketones is 1. The molecule has 4 rings (SSSR count). The Balaban J connectivity index is 1.42. The summed E-state index contributed by atoms with van der Waals surface area (Å²) in [7, 11) is 0. The second kappa shape index (κ2) is 12.4. The van der Waals surface area contributed by atoms with Gasteiger partial charge in [0.15, 0.2) is 17.5 Å². The van der Waals surface area contributed by atoms with E-state index in [0.29, 0.717) is 17.3 Å². The minimum Gasteiger partial charge on any atom is -0.483 e. The van der Waals surface area contributed by atoms with Crippen LogP contribution in [0.15, 0.2) is 42.5 Å². The summed E-state index contributed by atoms with van der Waals surface area (Å²) in [6.07, 6.45) is -1.23. The van der Waals surface area contributed by atoms with Crippen molar-refractivity contribution in [3.8, 4) is 5.75 Å². The van der Waals surface area contributed by atoms with Crippen LogP contribution in [0.2, 0.25) is 0 Å². The van der Waals surface area contributed by atoms with Crippen LogP contribution in [0.25, 0.3) is 10.2 Å². The lowest BCUT2D eigenvalue weighted by molar-refractivity contribution is -0.118. The highest BCUT2D eigenvalue weighted by atomic mass is 32.1. The summed E-state index contributed by atoms with van der Waals surface area (Å²) < 4.78 is 12.2. The molecular weight excluding hydrogens is 482 g/mol. The van der Waals surface area contributed by atoms with E-state index in [-0.39, 0.29) is 18.1 Å². The maximum absolute atomic E-state index is 12.6. The van der Waals surface area contributed by atoms with Gasteiger partial charge in [-0.05, 0) is 62.2 Å². The molecule has 1 aliphatic heterocycles. The zero-order valence-electron chi connectivity index (χ0n) is 20.2. The molecule has 1 saturated heterocycles. The predicted octanol–water partition coefficient (Wildman–Crippen LogP) is 2.50. The third-order valence-corrected chi connectivity index (χ3v) is 6.95. The summed E-state index contributed by atoms with van der Waals surface area (Å²) in [6.45, 7) is 5.24. The van der Waals surface area contributed by atoms with Crippen molar-refractivity contribution in [3.05, 3.63) is 53.6 Å². The van der Waals surface area contributed by atoms with E-state index < -0.39 is 18.0 Å². The molecule has 3 aromatic rings. The van der Waals surface area contributed by atoms with Gasteiger partial charge in [0.1, 0.15) is 11.9 Å². The van der Waals surface area contributed by atoms with Crippen LogP contribution in [0, 0.1) is 0 Å². The Hall–Kier alpha value is -2.89. The molecule has 0 radical (unpaired) electrons. The van der Waals surface area contributed by atoms with Crippen LogP contribution in [0.5, 0.6) is 5.75 Å². The number of nitrogens with zero attached hydrogens (tertiary/aromatic N) is 2. The van der Waals surface area contributed by atoms with Gasteiger partial charge in [-0.15, -0.1) is 0 Å². The number of ether oxygens (including phenoxy) is 2. The molecule has 1 amide bonds. The summed E-state index contributed by atoms with van der Waals surface area (Å²) in [5.74, 6) is -0.392. The summed E-state index contributed by atoms with van der Waals surface area (Å²) in [4.78, 5) is 31.8. The fraction of sp³-hybridized carbons (Fsp3) is 0.423. The van der Waals surface area contributed by atoms with Crippen LogP contribution in [-0.4, -0.2) is 83.5 Å². The Bertz CT molecular complexity index is 1160. The Kier molecular flexibility index (Phi) is 9.00. The number of para-hydroxylation sites is 1. The first-order valence-corrected chi connectivity index (χ1v) is 12.8. The number of anilines is 1. The number of aliphatic hydroxyl groups excluding tert-OH is 2. The molecule has 0 spiro atoms. The zero-order chi connectivity index (χ0) is 25.5. The molecule has 2 unspecified atom stereocenters. The van der Waals surface area contributed by atoms with Gasteiger partial charge in [0.2, 0.25) is 0 Å². The Labute approximate surface area is 213 Å². The van der Waals surface area contributed by atoms with Gasteiger partial charge in [-0.25, -0.2) is 4.98 Å². The number of Topliss-reactive ketones (excluding diaryl/α,β-unsaturated/α-hetero) is 1. The summed E-state index contributed by atoms with van der Waals surface area (Å²) >= 11 is 1.39. The van der Waals surface area contributed by atoms with E-state index in [1.165, 1.54) is 18.3 Å². The number of benzene rings is 2. The topological polar surface area (TPSA) is 121 Å². The highest BCUT2D eigenvalue weighted by molar-refractivity contribution is 7.22. The average molecular weight is 514 g/mol. The van der Waals surface area contributed by atoms with Crippen LogP contribution in [0.4, 0.5) is 5.13 Å². The van der Waals surface area contributed by atoms with Crippen molar-refractivity contribution < 1.29 is 29.3 Å². The molecule has 1 fully saturated rings. The fourth-order valence-corrected chi connectivity index (χ4v) is 4.88. The first-order valence-electron chi connectivity index (χ1n) is 12.0. The number of nitrogens with one attached hydrogen (secondary N) is 1. The first-order chi connectivity index (χ1) is 17.4. The minimum atomic E-state index is -1.50. The Morgan fingerprint density at radius 2 is 1.97 bits per heavy atom. The van der Waals surface area contributed by atoms with Gasteiger partial charge >= 0.3 is 0 Å². The maximum atomic E-state index is 12.6. The third kappa shape index (κ3) is 6.86. The number of hydrogen-bond donors (Lipinski definition) is 3. The number of morpholine rings is 1. The van der Waals surface area contributed by atoms with Gasteiger partial charge < -0.3 is 19.7 Å². The highest BCUT2D eigenvalue weighted by Gasteiger charge is 2.23. The van der Waals surface area contributed by atoms with Gasteiger partial charge in [-0.3, -0.25) is 19.8 Å². The van der Waals surface area contributed by atoms with E-state index in [1.807, 2.05) is 24.3 Å². The van der Waals surface area contributed by atoms with Crippen LogP contribution in [0.3, 0.4) is 0 Å². The van der Waals surface area contributed by atoms with Crippen LogP contribution in [0.1, 0.15) is 29.3 Å². The summed E-state index contributed by atoms with van der Waals surface area (Å²) in [5.41, 5.74) is 1.87. The number of thiazole rings is 1. The van der Waals surface area contributed by atoms with Crippen LogP contribution in [-0.2, 0) is 16.0 Å². The molecule has 2 atom stereocenters. The largest absolute Gasteiger partial charge is 0.483 e. The van der Waals surface area contributed by atoms with Gasteiger partial charge in [0.05, 0.1) is 29.5 Å². The molecule has 0 aliphatic carbocycles. The monoisotopic (exact) mass is 513 g/mol. The van der Waals surface area contributed by atoms with Gasteiger partial charge in [0, 0.05) is 18.7 Å². The first kappa shape index (κ1) is 26.2. The molecule has 3 N–H and O–H groups in total. The second-order valence-electron chi connectivity index (χ2n) is 8.75. The molecule has 2 aromatic carbocycles. The van der Waals surface area contributed by atoms with Crippen molar-refractivity contribution >= 4 is 38.4 Å². The number of carbonyl (C=O) groups is 2. The Morgan fingerprint density at radius 3 is 2.72 bits per heavy atom. The zero-order valence-corrected chi connectivity index (χ0v) is 21.0. The average Bonchev–Trinajstić information content (AvgIpc) is 3.29. The number of aliphatic hydroxyl groups is 2. The molecule has 9 nitrogen and oxygen atoms in total. The number of aromatic nitrogens is 1. The minimum absolute atomic E-state index is 0.212. The van der Waals surface area contributed by atoms with Gasteiger partial charge in [0.25, 0.3) is 5.91 Å². The van der Waals surface area contributed by atoms with Crippen molar-refractivity contribution in [2.24, 2.45) is 0 Å². The SMILES string of the molecule is CC(O)C(O)C(=O)c1ccc(OCC(=O)Nc2nc3ccccc3s2)c(CCCN2CCOCC2)c1. The normalized spacial score (nSPS) is 16.0. The lowest BCUT2D eigenvalue weighted by Crippen LogP contribution is -2.37. The van der Waals surface area contributed by atoms with E-state index in [4.69, 9.17) is 9.47 Å². The van der Waals surface area contributed by atoms with Crippen molar-refractivity contribution in [1.82, 2.24) is 9.88 Å². The van der Waals surface area contributed by atoms with E-state index in [2.05, 4.69) is 15.2 Å². The standard InChI is InChI=1S/C26H31N3O6S/c1-17(30)24(32)25(33)19-8-9-21(18(15-19)5-4-10-29-11-13-34-14-12-29)35-16-23(31)28-26-27-20-6-2-3-7-22(20)36-26/h2-3,6-9,15,17,24,30,32H,4-5,10-14,16H2,1H3,(H,27,28,31). The molecule has 10 heteroatoms. The number of carbonyl (C=O) groups excluding carboxylic acids is 2. The number of fused-ring (bicyclic) bond motifs is 1. The molecular formula is C26H31N3O6S.